The third-order valence-corrected chi connectivity index (χ3v) is 6.96. The Kier molecular flexibility index (Phi) is 11.7. The minimum atomic E-state index is -0.535. The highest BCUT2D eigenvalue weighted by molar-refractivity contribution is 6.02. The number of ether oxygens (including phenoxy) is 2. The molecule has 0 radical (unpaired) electrons. The Morgan fingerprint density at radius 2 is 1.80 bits per heavy atom. The van der Waals surface area contributed by atoms with Gasteiger partial charge >= 0.3 is 6.03 Å². The fourth-order valence-corrected chi connectivity index (χ4v) is 4.65. The lowest BCUT2D eigenvalue weighted by molar-refractivity contribution is -0.0137. The molecule has 2 aromatic rings. The van der Waals surface area contributed by atoms with E-state index in [4.69, 9.17) is 9.47 Å². The summed E-state index contributed by atoms with van der Waals surface area (Å²) >= 11 is 0. The molecule has 0 unspecified atom stereocenters. The van der Waals surface area contributed by atoms with E-state index in [0.29, 0.717) is 42.4 Å². The lowest BCUT2D eigenvalue weighted by atomic mass is 10.0. The maximum Gasteiger partial charge on any atom is 0.323 e. The molecule has 3 rings (SSSR count). The van der Waals surface area contributed by atoms with Gasteiger partial charge in [-0.25, -0.2) is 9.18 Å². The monoisotopic (exact) mass is 558 g/mol. The second kappa shape index (κ2) is 15.0. The molecule has 0 bridgehead atoms. The maximum absolute atomic E-state index is 14.1. The summed E-state index contributed by atoms with van der Waals surface area (Å²) in [5.41, 5.74) is 1.11. The van der Waals surface area contributed by atoms with Crippen molar-refractivity contribution in [1.82, 2.24) is 9.80 Å². The maximum atomic E-state index is 14.1. The van der Waals surface area contributed by atoms with E-state index in [-0.39, 0.29) is 30.6 Å². The zero-order chi connectivity index (χ0) is 29.2. The number of nitrogens with one attached hydrogen (secondary N) is 2. The number of hydrogen-bond donors (Lipinski definition) is 3. The van der Waals surface area contributed by atoms with Crippen molar-refractivity contribution in [3.63, 3.8) is 0 Å². The van der Waals surface area contributed by atoms with Crippen LogP contribution >= 0.6 is 0 Å². The van der Waals surface area contributed by atoms with E-state index in [2.05, 4.69) is 22.5 Å². The van der Waals surface area contributed by atoms with Crippen molar-refractivity contribution in [3.8, 4) is 5.75 Å². The van der Waals surface area contributed by atoms with Gasteiger partial charge in [-0.05, 0) is 89.7 Å². The van der Waals surface area contributed by atoms with E-state index in [9.17, 15) is 19.1 Å². The number of aliphatic hydroxyl groups excluding tert-OH is 1. The van der Waals surface area contributed by atoms with Gasteiger partial charge in [-0.1, -0.05) is 6.92 Å². The molecule has 220 valence electrons. The van der Waals surface area contributed by atoms with Crippen LogP contribution in [0.2, 0.25) is 0 Å². The smallest absolute Gasteiger partial charge is 0.323 e. The van der Waals surface area contributed by atoms with Gasteiger partial charge in [-0.2, -0.15) is 0 Å². The summed E-state index contributed by atoms with van der Waals surface area (Å²) in [5, 5.41) is 15.4. The van der Waals surface area contributed by atoms with Crippen molar-refractivity contribution in [2.24, 2.45) is 5.92 Å². The summed E-state index contributed by atoms with van der Waals surface area (Å²) in [6.07, 6.45) is 2.39. The first-order valence-corrected chi connectivity index (χ1v) is 13.9. The second-order valence-electron chi connectivity index (χ2n) is 10.9. The molecule has 4 atom stereocenters. The quantitative estimate of drug-likeness (QED) is 0.470. The van der Waals surface area contributed by atoms with Gasteiger partial charge < -0.3 is 35.0 Å². The molecule has 1 aliphatic rings. The van der Waals surface area contributed by atoms with Crippen molar-refractivity contribution in [2.75, 3.05) is 51.0 Å². The van der Waals surface area contributed by atoms with Crippen LogP contribution in [0.5, 0.6) is 5.75 Å². The number of fused-ring (bicyclic) bond motifs is 1. The Morgan fingerprint density at radius 3 is 2.48 bits per heavy atom. The van der Waals surface area contributed by atoms with E-state index in [1.807, 2.05) is 21.0 Å². The van der Waals surface area contributed by atoms with Crippen molar-refractivity contribution in [1.29, 1.82) is 0 Å². The average Bonchev–Trinajstić information content (AvgIpc) is 2.91. The topological polar surface area (TPSA) is 103 Å². The SMILES string of the molecule is C[C@H](CO)N1C[C@H](C)[C@@H](CN(C)C)OCCCC[C@H](C)Oc2ccc(NC(=O)Nc3ccc(F)cc3)cc2C1=O. The van der Waals surface area contributed by atoms with E-state index < -0.39 is 17.9 Å². The Labute approximate surface area is 236 Å². The molecule has 3 amide bonds. The van der Waals surface area contributed by atoms with Gasteiger partial charge in [-0.3, -0.25) is 4.79 Å². The molecule has 0 saturated carbocycles. The van der Waals surface area contributed by atoms with Crippen LogP contribution in [-0.2, 0) is 4.74 Å². The molecule has 0 aliphatic carbocycles. The zero-order valence-electron chi connectivity index (χ0n) is 24.2. The number of amides is 3. The molecular weight excluding hydrogens is 515 g/mol. The number of rotatable bonds is 6. The van der Waals surface area contributed by atoms with Gasteiger partial charge in [0.15, 0.2) is 0 Å². The Bertz CT molecular complexity index is 1110. The van der Waals surface area contributed by atoms with Crippen LogP contribution in [0.25, 0.3) is 0 Å². The van der Waals surface area contributed by atoms with E-state index in [1.54, 1.807) is 30.0 Å². The van der Waals surface area contributed by atoms with Gasteiger partial charge in [0.1, 0.15) is 11.6 Å². The lowest BCUT2D eigenvalue weighted by Crippen LogP contribution is -2.47. The van der Waals surface area contributed by atoms with Crippen LogP contribution in [0.15, 0.2) is 42.5 Å². The Balaban J connectivity index is 1.92. The highest BCUT2D eigenvalue weighted by Crippen LogP contribution is 2.28. The van der Waals surface area contributed by atoms with Crippen LogP contribution in [-0.4, -0.2) is 85.5 Å². The Morgan fingerprint density at radius 1 is 1.12 bits per heavy atom. The van der Waals surface area contributed by atoms with Crippen LogP contribution in [0.3, 0.4) is 0 Å². The molecule has 0 saturated heterocycles. The Hall–Kier alpha value is -3.21. The first kappa shape index (κ1) is 31.3. The molecule has 0 spiro atoms. The first-order chi connectivity index (χ1) is 19.1. The van der Waals surface area contributed by atoms with Crippen LogP contribution < -0.4 is 15.4 Å². The zero-order valence-corrected chi connectivity index (χ0v) is 24.2. The molecule has 1 heterocycles. The van der Waals surface area contributed by atoms with Gasteiger partial charge in [0.2, 0.25) is 0 Å². The molecule has 1 aliphatic heterocycles. The molecule has 10 heteroatoms. The minimum Gasteiger partial charge on any atom is -0.490 e. The number of urea groups is 1. The summed E-state index contributed by atoms with van der Waals surface area (Å²) < 4.78 is 25.7. The number of halogens is 1. The van der Waals surface area contributed by atoms with Gasteiger partial charge in [-0.15, -0.1) is 0 Å². The average molecular weight is 559 g/mol. The summed E-state index contributed by atoms with van der Waals surface area (Å²) in [6, 6.07) is 9.39. The second-order valence-corrected chi connectivity index (χ2v) is 10.9. The van der Waals surface area contributed by atoms with Gasteiger partial charge in [0.05, 0.1) is 30.4 Å². The number of carbonyl (C=O) groups is 2. The number of nitrogens with zero attached hydrogens (tertiary/aromatic N) is 2. The largest absolute Gasteiger partial charge is 0.490 e. The third kappa shape index (κ3) is 9.18. The van der Waals surface area contributed by atoms with Crippen molar-refractivity contribution < 1.29 is 28.6 Å². The van der Waals surface area contributed by atoms with Crippen LogP contribution in [0.4, 0.5) is 20.6 Å². The predicted molar refractivity (Wildman–Crippen MR) is 154 cm³/mol. The van der Waals surface area contributed by atoms with Gasteiger partial charge in [0, 0.05) is 37.0 Å². The molecule has 40 heavy (non-hydrogen) atoms. The van der Waals surface area contributed by atoms with Crippen LogP contribution in [0.1, 0.15) is 50.4 Å². The summed E-state index contributed by atoms with van der Waals surface area (Å²) in [6.45, 7) is 7.33. The first-order valence-electron chi connectivity index (χ1n) is 13.9. The number of aliphatic hydroxyl groups is 1. The number of carbonyl (C=O) groups excluding carboxylic acids is 2. The van der Waals surface area contributed by atoms with Crippen molar-refractivity contribution >= 4 is 23.3 Å². The summed E-state index contributed by atoms with van der Waals surface area (Å²) in [4.78, 5) is 30.4. The van der Waals surface area contributed by atoms with Crippen molar-refractivity contribution in [2.45, 2.75) is 58.3 Å². The number of likely N-dealkylation sites (N-methyl/N-ethyl adjacent to an activating group) is 1. The van der Waals surface area contributed by atoms with E-state index in [0.717, 1.165) is 19.3 Å². The fraction of sp³-hybridized carbons (Fsp3) is 0.533. The third-order valence-electron chi connectivity index (χ3n) is 6.96. The molecule has 3 N–H and O–H groups in total. The van der Waals surface area contributed by atoms with Gasteiger partial charge in [0.25, 0.3) is 5.91 Å². The normalized spacial score (nSPS) is 21.6. The highest BCUT2D eigenvalue weighted by atomic mass is 19.1. The standard InChI is InChI=1S/C30H43FN4O5/c1-20-17-35(21(2)19-36)29(37)26-16-25(33-30(38)32-24-11-9-23(31)10-12-24)13-14-27(26)40-22(3)8-6-7-15-39-28(20)18-34(4)5/h9-14,16,20-22,28,36H,6-8,15,17-19H2,1-5H3,(H2,32,33,38)/t20-,21+,22-,28+/m0/s1. The lowest BCUT2D eigenvalue weighted by Gasteiger charge is -2.35. The molecule has 0 aromatic heterocycles. The molecular formula is C30H43FN4O5. The van der Waals surface area contributed by atoms with Crippen molar-refractivity contribution in [3.05, 3.63) is 53.8 Å². The number of anilines is 2. The minimum absolute atomic E-state index is 0.00521. The van der Waals surface area contributed by atoms with Crippen LogP contribution in [0, 0.1) is 11.7 Å². The number of hydrogen-bond acceptors (Lipinski definition) is 6. The predicted octanol–water partition coefficient (Wildman–Crippen LogP) is 4.83. The molecule has 0 fully saturated rings. The van der Waals surface area contributed by atoms with E-state index >= 15 is 0 Å². The highest BCUT2D eigenvalue weighted by Gasteiger charge is 2.30. The van der Waals surface area contributed by atoms with E-state index in [1.165, 1.54) is 24.3 Å². The molecule has 2 aromatic carbocycles. The number of benzene rings is 2. The fourth-order valence-electron chi connectivity index (χ4n) is 4.65. The molecule has 9 nitrogen and oxygen atoms in total. The summed E-state index contributed by atoms with van der Waals surface area (Å²) in [5.74, 6) is -0.295. The summed E-state index contributed by atoms with van der Waals surface area (Å²) in [7, 11) is 3.99.